The van der Waals surface area contributed by atoms with Gasteiger partial charge in [-0.1, -0.05) is 17.9 Å². The van der Waals surface area contributed by atoms with Crippen LogP contribution >= 0.6 is 11.3 Å². The molecule has 0 bridgehead atoms. The minimum atomic E-state index is -0.195. The van der Waals surface area contributed by atoms with Crippen LogP contribution in [0, 0.1) is 18.8 Å². The van der Waals surface area contributed by atoms with E-state index in [4.69, 9.17) is 5.11 Å². The van der Waals surface area contributed by atoms with Crippen LogP contribution in [0.3, 0.4) is 0 Å². The molecular formula is C15H14N2O2S. The molecule has 1 aromatic heterocycles. The van der Waals surface area contributed by atoms with E-state index in [1.165, 1.54) is 11.3 Å². The highest BCUT2D eigenvalue weighted by atomic mass is 32.1. The molecule has 1 amide bonds. The van der Waals surface area contributed by atoms with Crippen LogP contribution in [0.15, 0.2) is 29.1 Å². The second-order valence-electron chi connectivity index (χ2n) is 4.15. The molecule has 2 rings (SSSR count). The molecule has 1 heterocycles. The topological polar surface area (TPSA) is 62.2 Å². The van der Waals surface area contributed by atoms with E-state index in [1.54, 1.807) is 17.6 Å². The quantitative estimate of drug-likeness (QED) is 0.845. The first kappa shape index (κ1) is 14.3. The Hall–Kier alpha value is -2.16. The Labute approximate surface area is 121 Å². The number of aliphatic hydroxyl groups excluding tert-OH is 1. The Kier molecular flexibility index (Phi) is 4.88. The standard InChI is InChI=1S/C15H14N2O2S/c1-11-4-5-13(7-12(11)3-2-6-18)15(19)16-8-14-9-20-10-17-14/h4-5,7,9-10,18H,6,8H2,1H3,(H,16,19). The van der Waals surface area contributed by atoms with Crippen molar-refractivity contribution in [2.24, 2.45) is 0 Å². The Bertz CT molecular complexity index is 654. The van der Waals surface area contributed by atoms with Gasteiger partial charge in [-0.2, -0.15) is 0 Å². The van der Waals surface area contributed by atoms with Crippen LogP contribution in [0.5, 0.6) is 0 Å². The Morgan fingerprint density at radius 2 is 2.35 bits per heavy atom. The molecule has 0 saturated heterocycles. The summed E-state index contributed by atoms with van der Waals surface area (Å²) < 4.78 is 0. The average molecular weight is 286 g/mol. The molecule has 0 saturated carbocycles. The summed E-state index contributed by atoms with van der Waals surface area (Å²) in [5, 5.41) is 13.4. The van der Waals surface area contributed by atoms with E-state index in [0.29, 0.717) is 12.1 Å². The van der Waals surface area contributed by atoms with Gasteiger partial charge in [-0.05, 0) is 24.6 Å². The van der Waals surface area contributed by atoms with Crippen LogP contribution in [0.2, 0.25) is 0 Å². The minimum absolute atomic E-state index is 0.162. The van der Waals surface area contributed by atoms with Gasteiger partial charge in [0.1, 0.15) is 6.61 Å². The molecule has 0 spiro atoms. The van der Waals surface area contributed by atoms with E-state index in [2.05, 4.69) is 22.1 Å². The number of nitrogens with zero attached hydrogens (tertiary/aromatic N) is 1. The Morgan fingerprint density at radius 1 is 1.50 bits per heavy atom. The van der Waals surface area contributed by atoms with Crippen molar-refractivity contribution in [2.45, 2.75) is 13.5 Å². The number of thiazole rings is 1. The molecule has 1 aromatic carbocycles. The predicted molar refractivity (Wildman–Crippen MR) is 78.4 cm³/mol. The van der Waals surface area contributed by atoms with E-state index in [9.17, 15) is 4.79 Å². The third kappa shape index (κ3) is 3.67. The van der Waals surface area contributed by atoms with Crippen molar-refractivity contribution in [2.75, 3.05) is 6.61 Å². The lowest BCUT2D eigenvalue weighted by atomic mass is 10.0. The van der Waals surface area contributed by atoms with Gasteiger partial charge >= 0.3 is 0 Å². The van der Waals surface area contributed by atoms with E-state index < -0.39 is 0 Å². The van der Waals surface area contributed by atoms with Crippen molar-refractivity contribution in [3.05, 3.63) is 51.5 Å². The summed E-state index contributed by atoms with van der Waals surface area (Å²) in [5.41, 5.74) is 4.85. The first-order chi connectivity index (χ1) is 9.70. The molecule has 2 N–H and O–H groups in total. The molecule has 0 radical (unpaired) electrons. The maximum atomic E-state index is 12.0. The van der Waals surface area contributed by atoms with Gasteiger partial charge in [0.25, 0.3) is 5.91 Å². The summed E-state index contributed by atoms with van der Waals surface area (Å²) in [6, 6.07) is 5.34. The minimum Gasteiger partial charge on any atom is -0.384 e. The number of benzene rings is 1. The third-order valence-electron chi connectivity index (χ3n) is 2.72. The molecule has 0 aliphatic carbocycles. The van der Waals surface area contributed by atoms with Gasteiger partial charge < -0.3 is 10.4 Å². The number of carbonyl (C=O) groups is 1. The van der Waals surface area contributed by atoms with E-state index in [1.807, 2.05) is 18.4 Å². The van der Waals surface area contributed by atoms with Crippen molar-refractivity contribution in [3.8, 4) is 11.8 Å². The molecule has 5 heteroatoms. The number of carbonyl (C=O) groups excluding carboxylic acids is 1. The highest BCUT2D eigenvalue weighted by Crippen LogP contribution is 2.10. The number of aromatic nitrogens is 1. The normalized spacial score (nSPS) is 9.70. The number of aliphatic hydroxyl groups is 1. The predicted octanol–water partition coefficient (Wildman–Crippen LogP) is 1.73. The van der Waals surface area contributed by atoms with Crippen LogP contribution < -0.4 is 5.32 Å². The van der Waals surface area contributed by atoms with Gasteiger partial charge in [-0.15, -0.1) is 11.3 Å². The van der Waals surface area contributed by atoms with Crippen LogP contribution in [-0.4, -0.2) is 22.6 Å². The molecule has 0 aliphatic heterocycles. The van der Waals surface area contributed by atoms with Gasteiger partial charge in [0.2, 0.25) is 0 Å². The number of nitrogens with one attached hydrogen (secondary N) is 1. The summed E-state index contributed by atoms with van der Waals surface area (Å²) in [4.78, 5) is 16.2. The van der Waals surface area contributed by atoms with Gasteiger partial charge in [-0.25, -0.2) is 4.98 Å². The van der Waals surface area contributed by atoms with Crippen LogP contribution in [0.1, 0.15) is 27.2 Å². The highest BCUT2D eigenvalue weighted by Gasteiger charge is 2.07. The zero-order valence-corrected chi connectivity index (χ0v) is 11.8. The molecule has 102 valence electrons. The lowest BCUT2D eigenvalue weighted by Gasteiger charge is -2.05. The summed E-state index contributed by atoms with van der Waals surface area (Å²) in [5.74, 6) is 5.27. The lowest BCUT2D eigenvalue weighted by Crippen LogP contribution is -2.23. The van der Waals surface area contributed by atoms with Gasteiger partial charge in [-0.3, -0.25) is 4.79 Å². The number of hydrogen-bond donors (Lipinski definition) is 2. The maximum absolute atomic E-state index is 12.0. The summed E-state index contributed by atoms with van der Waals surface area (Å²) >= 11 is 1.50. The van der Waals surface area contributed by atoms with Gasteiger partial charge in [0.15, 0.2) is 0 Å². The first-order valence-electron chi connectivity index (χ1n) is 6.06. The summed E-state index contributed by atoms with van der Waals surface area (Å²) in [6.45, 7) is 2.13. The molecule has 20 heavy (non-hydrogen) atoms. The van der Waals surface area contributed by atoms with Crippen LogP contribution in [0.4, 0.5) is 0 Å². The van der Waals surface area contributed by atoms with E-state index >= 15 is 0 Å². The second-order valence-corrected chi connectivity index (χ2v) is 4.87. The molecule has 2 aromatic rings. The molecule has 0 fully saturated rings. The Morgan fingerprint density at radius 3 is 3.05 bits per heavy atom. The molecule has 4 nitrogen and oxygen atoms in total. The lowest BCUT2D eigenvalue weighted by molar-refractivity contribution is 0.0950. The SMILES string of the molecule is Cc1ccc(C(=O)NCc2cscn2)cc1C#CCO. The second kappa shape index (κ2) is 6.85. The van der Waals surface area contributed by atoms with Gasteiger partial charge in [0.05, 0.1) is 17.7 Å². The Balaban J connectivity index is 2.09. The fraction of sp³-hybridized carbons (Fsp3) is 0.200. The zero-order chi connectivity index (χ0) is 14.4. The monoisotopic (exact) mass is 286 g/mol. The van der Waals surface area contributed by atoms with Crippen molar-refractivity contribution in [1.82, 2.24) is 10.3 Å². The molecule has 0 atom stereocenters. The highest BCUT2D eigenvalue weighted by molar-refractivity contribution is 7.07. The first-order valence-corrected chi connectivity index (χ1v) is 7.00. The van der Waals surface area contributed by atoms with Crippen LogP contribution in [-0.2, 0) is 6.54 Å². The largest absolute Gasteiger partial charge is 0.384 e. The number of rotatable bonds is 3. The third-order valence-corrected chi connectivity index (χ3v) is 3.35. The molecular weight excluding hydrogens is 272 g/mol. The van der Waals surface area contributed by atoms with Gasteiger partial charge in [0, 0.05) is 16.5 Å². The van der Waals surface area contributed by atoms with Crippen molar-refractivity contribution in [3.63, 3.8) is 0 Å². The molecule has 0 aliphatic rings. The number of aryl methyl sites for hydroxylation is 1. The maximum Gasteiger partial charge on any atom is 0.251 e. The van der Waals surface area contributed by atoms with Crippen LogP contribution in [0.25, 0.3) is 0 Å². The molecule has 0 unspecified atom stereocenters. The summed E-state index contributed by atoms with van der Waals surface area (Å²) in [7, 11) is 0. The fourth-order valence-electron chi connectivity index (χ4n) is 1.63. The fourth-order valence-corrected chi connectivity index (χ4v) is 2.19. The smallest absolute Gasteiger partial charge is 0.251 e. The van der Waals surface area contributed by atoms with Crippen molar-refractivity contribution < 1.29 is 9.90 Å². The van der Waals surface area contributed by atoms with E-state index in [-0.39, 0.29) is 12.5 Å². The average Bonchev–Trinajstić information content (AvgIpc) is 2.97. The van der Waals surface area contributed by atoms with Crippen molar-refractivity contribution in [1.29, 1.82) is 0 Å². The van der Waals surface area contributed by atoms with E-state index in [0.717, 1.165) is 16.8 Å². The zero-order valence-electron chi connectivity index (χ0n) is 11.0. The number of amides is 1. The summed E-state index contributed by atoms with van der Waals surface area (Å²) in [6.07, 6.45) is 0. The van der Waals surface area contributed by atoms with Crippen molar-refractivity contribution >= 4 is 17.2 Å². The number of hydrogen-bond acceptors (Lipinski definition) is 4.